The van der Waals surface area contributed by atoms with Crippen LogP contribution < -0.4 is 21.3 Å². The molecule has 0 bridgehead atoms. The van der Waals surface area contributed by atoms with Gasteiger partial charge in [-0.3, -0.25) is 77.8 Å². The summed E-state index contributed by atoms with van der Waals surface area (Å²) in [4.78, 5) is 163. The summed E-state index contributed by atoms with van der Waals surface area (Å²) >= 11 is 0. The molecule has 0 aliphatic carbocycles. The summed E-state index contributed by atoms with van der Waals surface area (Å²) in [5.41, 5.74) is 4.96. The van der Waals surface area contributed by atoms with Gasteiger partial charge in [0.05, 0.1) is 60.1 Å². The van der Waals surface area contributed by atoms with Crippen LogP contribution in [0, 0.1) is 13.8 Å². The summed E-state index contributed by atoms with van der Waals surface area (Å²) in [6.45, 7) is 14.9. The normalized spacial score (nSPS) is 11.1. The third kappa shape index (κ3) is 23.8. The zero-order valence-corrected chi connectivity index (χ0v) is 53.7. The average Bonchev–Trinajstić information content (AvgIpc) is 2.96. The molecular weight excluding hydrogens is 1180 g/mol. The van der Waals surface area contributed by atoms with Gasteiger partial charge in [0.25, 0.3) is 11.8 Å². The molecule has 0 saturated carbocycles. The Bertz CT molecular complexity index is 3410. The number of carbonyl (C=O) groups excluding carboxylic acids is 10. The van der Waals surface area contributed by atoms with E-state index in [1.165, 1.54) is 70.1 Å². The van der Waals surface area contributed by atoms with Crippen LogP contribution in [0.25, 0.3) is 34.2 Å². The van der Waals surface area contributed by atoms with E-state index in [1.807, 2.05) is 38.1 Å². The molecule has 0 radical (unpaired) electrons. The van der Waals surface area contributed by atoms with Crippen molar-refractivity contribution in [1.82, 2.24) is 70.8 Å². The van der Waals surface area contributed by atoms with Gasteiger partial charge < -0.3 is 50.3 Å². The molecule has 92 heavy (non-hydrogen) atoms. The zero-order valence-electron chi connectivity index (χ0n) is 53.7. The quantitative estimate of drug-likeness (QED) is 0.0484. The molecule has 486 valence electrons. The van der Waals surface area contributed by atoms with Gasteiger partial charge in [-0.05, 0) is 150 Å². The fourth-order valence-electron chi connectivity index (χ4n) is 9.07. The van der Waals surface area contributed by atoms with Crippen LogP contribution in [0.2, 0.25) is 0 Å². The van der Waals surface area contributed by atoms with Crippen LogP contribution >= 0.6 is 0 Å². The van der Waals surface area contributed by atoms with Crippen molar-refractivity contribution < 1.29 is 57.4 Å². The second-order valence-electron chi connectivity index (χ2n) is 23.6. The number of esters is 2. The summed E-state index contributed by atoms with van der Waals surface area (Å²) in [5, 5.41) is 10.9. The van der Waals surface area contributed by atoms with Crippen LogP contribution in [-0.2, 0) is 60.7 Å². The number of hydrogen-bond donors (Lipinski definition) is 4. The van der Waals surface area contributed by atoms with Gasteiger partial charge in [-0.25, -0.2) is 0 Å². The van der Waals surface area contributed by atoms with E-state index >= 15 is 0 Å². The number of nitrogens with zero attached hydrogens (tertiary/aromatic N) is 10. The summed E-state index contributed by atoms with van der Waals surface area (Å²) in [5.74, 6) is -5.08. The molecule has 0 fully saturated rings. The lowest BCUT2D eigenvalue weighted by Gasteiger charge is -2.26. The highest BCUT2D eigenvalue weighted by atomic mass is 16.6. The van der Waals surface area contributed by atoms with E-state index in [-0.39, 0.29) is 114 Å². The predicted octanol–water partition coefficient (Wildman–Crippen LogP) is 3.89. The summed E-state index contributed by atoms with van der Waals surface area (Å²) in [6.07, 6.45) is 9.14. The average molecular weight is 1260 g/mol. The van der Waals surface area contributed by atoms with Gasteiger partial charge in [0.15, 0.2) is 0 Å². The van der Waals surface area contributed by atoms with Gasteiger partial charge in [0, 0.05) is 115 Å². The Kier molecular flexibility index (Phi) is 25.7. The standard InChI is InChI=1S/C66H80N14O12/c1-43-11-17-67-51(31-43)53-33-47(13-19-69-53)35-59(85)79(41-61(87)91-65(5,6)7)29-23-73-57(83)39-77(45(3)81)27-25-75-63(89)49-15-21-71-55(37-49)56-38-50(16-22-72-56)64(90)76-26-28-78(46(4)82)40-58(84)74-24-30-80(42-62(88)92-66(8,9)10)60(86)36-48-14-20-70-54(34-48)52-32-44(2)12-18-68-52/h11-22,31-34,37-38H,23-30,35-36,39-42H2,1-10H3,(H,73,83)(H,74,84)(H,75,89)(H,76,90). The van der Waals surface area contributed by atoms with E-state index in [0.717, 1.165) is 11.1 Å². The molecule has 0 aliphatic heterocycles. The smallest absolute Gasteiger partial charge is 0.326 e. The van der Waals surface area contributed by atoms with Crippen LogP contribution in [0.4, 0.5) is 0 Å². The molecule has 8 amide bonds. The molecule has 4 N–H and O–H groups in total. The number of aromatic nitrogens is 6. The summed E-state index contributed by atoms with van der Waals surface area (Å²) in [7, 11) is 0. The topological polar surface area (TPSA) is 328 Å². The molecular formula is C66H80N14O12. The number of carbonyl (C=O) groups is 10. The SMILES string of the molecule is CC(=O)N(CCNC(=O)c1ccnc(-c2cc(C(=O)NCCN(CC(=O)NCCN(CC(=O)OC(C)(C)C)C(=O)Cc3ccnc(-c4cc(C)ccn4)c3)C(C)=O)ccn2)c1)CC(=O)NCCN(CC(=O)OC(C)(C)C)C(=O)Cc1ccnc(-c2cc(C)ccn2)c1. The number of pyridine rings is 6. The van der Waals surface area contributed by atoms with Gasteiger partial charge in [-0.1, -0.05) is 0 Å². The van der Waals surface area contributed by atoms with E-state index < -0.39 is 70.4 Å². The minimum atomic E-state index is -0.809. The Labute approximate surface area is 534 Å². The second-order valence-corrected chi connectivity index (χ2v) is 23.6. The number of rotatable bonds is 29. The highest BCUT2D eigenvalue weighted by Gasteiger charge is 2.26. The molecule has 6 rings (SSSR count). The highest BCUT2D eigenvalue weighted by Crippen LogP contribution is 2.21. The number of aryl methyl sites for hydroxylation is 2. The van der Waals surface area contributed by atoms with Crippen LogP contribution in [0.1, 0.15) is 98.4 Å². The molecule has 0 atom stereocenters. The van der Waals surface area contributed by atoms with Crippen LogP contribution in [0.3, 0.4) is 0 Å². The Morgan fingerprint density at radius 1 is 0.391 bits per heavy atom. The van der Waals surface area contributed by atoms with Crippen molar-refractivity contribution in [2.24, 2.45) is 0 Å². The highest BCUT2D eigenvalue weighted by molar-refractivity contribution is 5.97. The maximum Gasteiger partial charge on any atom is 0.326 e. The van der Waals surface area contributed by atoms with Gasteiger partial charge in [0.1, 0.15) is 24.3 Å². The van der Waals surface area contributed by atoms with Crippen molar-refractivity contribution in [1.29, 1.82) is 0 Å². The van der Waals surface area contributed by atoms with Gasteiger partial charge >= 0.3 is 11.9 Å². The number of amides is 8. The number of ether oxygens (including phenoxy) is 2. The van der Waals surface area contributed by atoms with Crippen LogP contribution in [0.5, 0.6) is 0 Å². The van der Waals surface area contributed by atoms with Crippen molar-refractivity contribution in [3.8, 4) is 34.2 Å². The maximum absolute atomic E-state index is 13.7. The van der Waals surface area contributed by atoms with Crippen molar-refractivity contribution >= 4 is 59.2 Å². The van der Waals surface area contributed by atoms with E-state index in [0.29, 0.717) is 33.9 Å². The van der Waals surface area contributed by atoms with Crippen LogP contribution in [-0.4, -0.2) is 198 Å². The van der Waals surface area contributed by atoms with E-state index in [2.05, 4.69) is 51.2 Å². The lowest BCUT2D eigenvalue weighted by molar-refractivity contribution is -0.159. The first-order chi connectivity index (χ1) is 43.6. The zero-order chi connectivity index (χ0) is 67.1. The molecule has 6 aromatic heterocycles. The van der Waals surface area contributed by atoms with Gasteiger partial charge in [-0.15, -0.1) is 0 Å². The molecule has 0 unspecified atom stereocenters. The van der Waals surface area contributed by atoms with Crippen molar-refractivity contribution in [3.63, 3.8) is 0 Å². The monoisotopic (exact) mass is 1260 g/mol. The molecule has 6 heterocycles. The van der Waals surface area contributed by atoms with E-state index in [9.17, 15) is 47.9 Å². The molecule has 6 aromatic rings. The molecule has 0 aromatic carbocycles. The first kappa shape index (κ1) is 70.7. The Morgan fingerprint density at radius 3 is 1.03 bits per heavy atom. The summed E-state index contributed by atoms with van der Waals surface area (Å²) < 4.78 is 11.0. The van der Waals surface area contributed by atoms with E-state index in [4.69, 9.17) is 9.47 Å². The third-order valence-corrected chi connectivity index (χ3v) is 13.5. The first-order valence-corrected chi connectivity index (χ1v) is 29.9. The van der Waals surface area contributed by atoms with Crippen molar-refractivity contribution in [2.45, 2.75) is 93.3 Å². The molecule has 0 aliphatic rings. The number of nitrogens with one attached hydrogen (secondary N) is 4. The van der Waals surface area contributed by atoms with Gasteiger partial charge in [-0.2, -0.15) is 0 Å². The fourth-order valence-corrected chi connectivity index (χ4v) is 9.07. The Morgan fingerprint density at radius 2 is 0.696 bits per heavy atom. The Balaban J connectivity index is 0.957. The third-order valence-electron chi connectivity index (χ3n) is 13.5. The number of hydrogen-bond acceptors (Lipinski definition) is 18. The lowest BCUT2D eigenvalue weighted by atomic mass is 10.1. The minimum Gasteiger partial charge on any atom is -0.459 e. The molecule has 0 saturated heterocycles. The van der Waals surface area contributed by atoms with Crippen molar-refractivity contribution in [3.05, 3.63) is 143 Å². The van der Waals surface area contributed by atoms with E-state index in [1.54, 1.807) is 90.6 Å². The molecule has 26 heteroatoms. The molecule has 26 nitrogen and oxygen atoms in total. The molecule has 0 spiro atoms. The van der Waals surface area contributed by atoms with Gasteiger partial charge in [0.2, 0.25) is 35.4 Å². The fraction of sp³-hybridized carbons (Fsp3) is 0.394. The summed E-state index contributed by atoms with van der Waals surface area (Å²) in [6, 6.07) is 20.3. The second kappa shape index (κ2) is 33.4. The maximum atomic E-state index is 13.7. The van der Waals surface area contributed by atoms with Crippen molar-refractivity contribution in [2.75, 3.05) is 78.5 Å². The first-order valence-electron chi connectivity index (χ1n) is 29.9. The minimum absolute atomic E-state index is 0.0389. The lowest BCUT2D eigenvalue weighted by Crippen LogP contribution is -2.46. The predicted molar refractivity (Wildman–Crippen MR) is 339 cm³/mol. The Hall–Kier alpha value is -10.4. The van der Waals surface area contributed by atoms with Crippen LogP contribution in [0.15, 0.2) is 110 Å². The largest absolute Gasteiger partial charge is 0.459 e.